The Hall–Kier alpha value is -2.92. The van der Waals surface area contributed by atoms with Crippen molar-refractivity contribution in [2.75, 3.05) is 5.32 Å². The summed E-state index contributed by atoms with van der Waals surface area (Å²) in [7, 11) is 0. The Labute approximate surface area is 156 Å². The number of rotatable bonds is 6. The summed E-state index contributed by atoms with van der Waals surface area (Å²) >= 11 is 5.87. The SMILES string of the molecule is O=C(NCc1ccccc1F)c1cc(NCc2ccc(Cl)cc2)ccn1. The van der Waals surface area contributed by atoms with Crippen molar-refractivity contribution >= 4 is 23.2 Å². The van der Waals surface area contributed by atoms with Crippen molar-refractivity contribution in [3.63, 3.8) is 0 Å². The molecule has 2 N–H and O–H groups in total. The van der Waals surface area contributed by atoms with Gasteiger partial charge in [-0.15, -0.1) is 0 Å². The van der Waals surface area contributed by atoms with E-state index in [9.17, 15) is 9.18 Å². The van der Waals surface area contributed by atoms with E-state index in [1.54, 1.807) is 36.5 Å². The highest BCUT2D eigenvalue weighted by molar-refractivity contribution is 6.30. The second-order valence-electron chi connectivity index (χ2n) is 5.68. The van der Waals surface area contributed by atoms with Gasteiger partial charge in [-0.3, -0.25) is 9.78 Å². The lowest BCUT2D eigenvalue weighted by Crippen LogP contribution is -2.24. The molecule has 1 heterocycles. The van der Waals surface area contributed by atoms with E-state index in [-0.39, 0.29) is 24.0 Å². The number of pyridine rings is 1. The summed E-state index contributed by atoms with van der Waals surface area (Å²) in [4.78, 5) is 16.3. The third kappa shape index (κ3) is 4.80. The Balaban J connectivity index is 1.60. The summed E-state index contributed by atoms with van der Waals surface area (Å²) in [5, 5.41) is 6.60. The van der Waals surface area contributed by atoms with Gasteiger partial charge in [0.25, 0.3) is 5.91 Å². The number of carbonyl (C=O) groups is 1. The number of nitrogens with zero attached hydrogens (tertiary/aromatic N) is 1. The van der Waals surface area contributed by atoms with Crippen LogP contribution in [0.25, 0.3) is 0 Å². The zero-order chi connectivity index (χ0) is 18.4. The van der Waals surface area contributed by atoms with Gasteiger partial charge in [0.15, 0.2) is 0 Å². The highest BCUT2D eigenvalue weighted by Crippen LogP contribution is 2.13. The van der Waals surface area contributed by atoms with E-state index in [1.807, 2.05) is 24.3 Å². The van der Waals surface area contributed by atoms with E-state index in [4.69, 9.17) is 11.6 Å². The van der Waals surface area contributed by atoms with Crippen molar-refractivity contribution in [2.45, 2.75) is 13.1 Å². The van der Waals surface area contributed by atoms with Crippen LogP contribution in [0.2, 0.25) is 5.02 Å². The predicted octanol–water partition coefficient (Wildman–Crippen LogP) is 4.42. The van der Waals surface area contributed by atoms with Gasteiger partial charge in [0.2, 0.25) is 0 Å². The van der Waals surface area contributed by atoms with Crippen molar-refractivity contribution in [2.24, 2.45) is 0 Å². The lowest BCUT2D eigenvalue weighted by Gasteiger charge is -2.09. The summed E-state index contributed by atoms with van der Waals surface area (Å²) in [5.41, 5.74) is 2.53. The van der Waals surface area contributed by atoms with Gasteiger partial charge in [0.05, 0.1) is 0 Å². The molecule has 0 radical (unpaired) electrons. The molecule has 3 rings (SSSR count). The summed E-state index contributed by atoms with van der Waals surface area (Å²) in [6.07, 6.45) is 1.56. The monoisotopic (exact) mass is 369 g/mol. The van der Waals surface area contributed by atoms with Crippen LogP contribution in [-0.2, 0) is 13.1 Å². The Bertz CT molecular complexity index is 900. The topological polar surface area (TPSA) is 54.0 Å². The number of hydrogen-bond acceptors (Lipinski definition) is 3. The summed E-state index contributed by atoms with van der Waals surface area (Å²) < 4.78 is 13.6. The van der Waals surface area contributed by atoms with Crippen molar-refractivity contribution in [1.82, 2.24) is 10.3 Å². The molecule has 4 nitrogen and oxygen atoms in total. The van der Waals surface area contributed by atoms with Crippen molar-refractivity contribution in [3.8, 4) is 0 Å². The molecule has 6 heteroatoms. The molecule has 26 heavy (non-hydrogen) atoms. The highest BCUT2D eigenvalue weighted by Gasteiger charge is 2.09. The van der Waals surface area contributed by atoms with Crippen LogP contribution in [0.3, 0.4) is 0 Å². The Morgan fingerprint density at radius 1 is 1.04 bits per heavy atom. The van der Waals surface area contributed by atoms with Crippen molar-refractivity contribution < 1.29 is 9.18 Å². The second-order valence-corrected chi connectivity index (χ2v) is 6.12. The molecular weight excluding hydrogens is 353 g/mol. The van der Waals surface area contributed by atoms with Gasteiger partial charge >= 0.3 is 0 Å². The number of halogens is 2. The largest absolute Gasteiger partial charge is 0.381 e. The molecule has 0 aliphatic heterocycles. The summed E-state index contributed by atoms with van der Waals surface area (Å²) in [6, 6.07) is 17.3. The van der Waals surface area contributed by atoms with Gasteiger partial charge in [0.1, 0.15) is 11.5 Å². The van der Waals surface area contributed by atoms with Crippen LogP contribution in [0.4, 0.5) is 10.1 Å². The maximum atomic E-state index is 13.6. The van der Waals surface area contributed by atoms with E-state index < -0.39 is 0 Å². The van der Waals surface area contributed by atoms with E-state index >= 15 is 0 Å². The zero-order valence-corrected chi connectivity index (χ0v) is 14.6. The lowest BCUT2D eigenvalue weighted by molar-refractivity contribution is 0.0945. The molecule has 2 aromatic carbocycles. The molecule has 0 saturated heterocycles. The van der Waals surface area contributed by atoms with Crippen LogP contribution in [0.15, 0.2) is 66.9 Å². The van der Waals surface area contributed by atoms with Crippen LogP contribution in [-0.4, -0.2) is 10.9 Å². The Morgan fingerprint density at radius 3 is 2.58 bits per heavy atom. The number of hydrogen-bond donors (Lipinski definition) is 2. The standard InChI is InChI=1S/C20H17ClFN3O/c21-16-7-5-14(6-8-16)12-24-17-9-10-23-19(11-17)20(26)25-13-15-3-1-2-4-18(15)22/h1-11H,12-13H2,(H,23,24)(H,25,26). The fourth-order valence-electron chi connectivity index (χ4n) is 2.38. The van der Waals surface area contributed by atoms with Gasteiger partial charge < -0.3 is 10.6 Å². The average molecular weight is 370 g/mol. The first-order valence-electron chi connectivity index (χ1n) is 8.08. The molecule has 0 spiro atoms. The molecule has 0 fully saturated rings. The third-order valence-corrected chi connectivity index (χ3v) is 4.05. The Kier molecular flexibility index (Phi) is 5.81. The summed E-state index contributed by atoms with van der Waals surface area (Å²) in [5.74, 6) is -0.706. The molecule has 0 atom stereocenters. The molecule has 0 bridgehead atoms. The average Bonchev–Trinajstić information content (AvgIpc) is 2.67. The van der Waals surface area contributed by atoms with E-state index in [0.29, 0.717) is 17.1 Å². The van der Waals surface area contributed by atoms with Gasteiger partial charge in [-0.2, -0.15) is 0 Å². The molecule has 0 saturated carbocycles. The first-order valence-corrected chi connectivity index (χ1v) is 8.45. The molecule has 0 aliphatic rings. The maximum absolute atomic E-state index is 13.6. The van der Waals surface area contributed by atoms with Gasteiger partial charge in [0, 0.05) is 35.6 Å². The normalized spacial score (nSPS) is 10.4. The molecule has 0 aliphatic carbocycles. The van der Waals surface area contributed by atoms with Crippen LogP contribution in [0.1, 0.15) is 21.6 Å². The van der Waals surface area contributed by atoms with Gasteiger partial charge in [-0.1, -0.05) is 41.9 Å². The minimum Gasteiger partial charge on any atom is -0.381 e. The highest BCUT2D eigenvalue weighted by atomic mass is 35.5. The van der Waals surface area contributed by atoms with Gasteiger partial charge in [-0.05, 0) is 35.9 Å². The number of anilines is 1. The molecule has 132 valence electrons. The number of nitrogens with one attached hydrogen (secondary N) is 2. The zero-order valence-electron chi connectivity index (χ0n) is 13.9. The molecule has 1 amide bonds. The van der Waals surface area contributed by atoms with E-state index in [0.717, 1.165) is 11.3 Å². The molecular formula is C20H17ClFN3O. The van der Waals surface area contributed by atoms with E-state index in [1.165, 1.54) is 6.07 Å². The fourth-order valence-corrected chi connectivity index (χ4v) is 2.50. The van der Waals surface area contributed by atoms with Crippen LogP contribution >= 0.6 is 11.6 Å². The van der Waals surface area contributed by atoms with Crippen LogP contribution in [0.5, 0.6) is 0 Å². The van der Waals surface area contributed by atoms with Crippen LogP contribution < -0.4 is 10.6 Å². The molecule has 0 unspecified atom stereocenters. The lowest BCUT2D eigenvalue weighted by atomic mass is 10.2. The van der Waals surface area contributed by atoms with Crippen LogP contribution in [0, 0.1) is 5.82 Å². The van der Waals surface area contributed by atoms with Gasteiger partial charge in [-0.25, -0.2) is 4.39 Å². The summed E-state index contributed by atoms with van der Waals surface area (Å²) in [6.45, 7) is 0.701. The Morgan fingerprint density at radius 2 is 1.81 bits per heavy atom. The number of aromatic nitrogens is 1. The first kappa shape index (κ1) is 17.9. The molecule has 1 aromatic heterocycles. The number of amides is 1. The maximum Gasteiger partial charge on any atom is 0.270 e. The second kappa shape index (κ2) is 8.45. The van der Waals surface area contributed by atoms with E-state index in [2.05, 4.69) is 15.6 Å². The minimum absolute atomic E-state index is 0.107. The third-order valence-electron chi connectivity index (χ3n) is 3.80. The minimum atomic E-state index is -0.358. The number of benzene rings is 2. The van der Waals surface area contributed by atoms with Crippen molar-refractivity contribution in [1.29, 1.82) is 0 Å². The van der Waals surface area contributed by atoms with Crippen molar-refractivity contribution in [3.05, 3.63) is 94.5 Å². The first-order chi connectivity index (χ1) is 12.6. The smallest absolute Gasteiger partial charge is 0.270 e. The molecule has 3 aromatic rings. The fraction of sp³-hybridized carbons (Fsp3) is 0.100. The number of carbonyl (C=O) groups excluding carboxylic acids is 1. The quantitative estimate of drug-likeness (QED) is 0.676. The predicted molar refractivity (Wildman–Crippen MR) is 101 cm³/mol.